The van der Waals surface area contributed by atoms with Crippen molar-refractivity contribution in [1.82, 2.24) is 26.2 Å². The third-order valence-electron chi connectivity index (χ3n) is 13.1. The number of nitrogens with one attached hydrogen (secondary N) is 4. The van der Waals surface area contributed by atoms with Crippen molar-refractivity contribution < 1.29 is 32.4 Å². The molecule has 5 amide bonds. The van der Waals surface area contributed by atoms with Crippen LogP contribution in [0.1, 0.15) is 125 Å². The van der Waals surface area contributed by atoms with E-state index in [-0.39, 0.29) is 47.3 Å². The molecule has 5 rings (SSSR count). The minimum absolute atomic E-state index is 0.0813. The fourth-order valence-corrected chi connectivity index (χ4v) is 10.9. The number of hydrogen-bond donors (Lipinski definition) is 4. The molecule has 0 aromatic rings. The van der Waals surface area contributed by atoms with Gasteiger partial charge in [0.25, 0.3) is 5.91 Å². The van der Waals surface area contributed by atoms with Gasteiger partial charge in [0.1, 0.15) is 12.1 Å². The molecule has 2 unspecified atom stereocenters. The van der Waals surface area contributed by atoms with Gasteiger partial charge in [-0.2, -0.15) is 0 Å². The fraction of sp³-hybridized carbons (Fsp3) is 0.821. The first-order valence-corrected chi connectivity index (χ1v) is 21.4. The van der Waals surface area contributed by atoms with Crippen LogP contribution in [-0.2, 0) is 29.0 Å². The van der Waals surface area contributed by atoms with E-state index in [0.717, 1.165) is 70.6 Å². The molecular formula is C39H63N5O7S. The smallest absolute Gasteiger partial charge is 0.315 e. The van der Waals surface area contributed by atoms with E-state index in [1.165, 1.54) is 6.08 Å². The Bertz CT molecular complexity index is 1490. The molecule has 292 valence electrons. The minimum atomic E-state index is -3.56. The number of amides is 5. The summed E-state index contributed by atoms with van der Waals surface area (Å²) in [4.78, 5) is 70.7. The van der Waals surface area contributed by atoms with E-state index < -0.39 is 61.9 Å². The molecular weight excluding hydrogens is 683 g/mol. The molecule has 4 aliphatic carbocycles. The summed E-state index contributed by atoms with van der Waals surface area (Å²) in [5, 5.41) is 11.6. The lowest BCUT2D eigenvalue weighted by Crippen LogP contribution is -2.63. The number of carbonyl (C=O) groups is 5. The van der Waals surface area contributed by atoms with E-state index in [4.69, 9.17) is 0 Å². The van der Waals surface area contributed by atoms with Crippen LogP contribution in [0.3, 0.4) is 0 Å². The number of urea groups is 1. The first kappa shape index (κ1) is 40.2. The zero-order valence-electron chi connectivity index (χ0n) is 32.1. The molecule has 0 radical (unpaired) electrons. The van der Waals surface area contributed by atoms with Crippen molar-refractivity contribution in [3.63, 3.8) is 0 Å². The van der Waals surface area contributed by atoms with Crippen molar-refractivity contribution in [3.05, 3.63) is 12.7 Å². The van der Waals surface area contributed by atoms with Crippen LogP contribution >= 0.6 is 0 Å². The predicted octanol–water partition coefficient (Wildman–Crippen LogP) is 4.18. The summed E-state index contributed by atoms with van der Waals surface area (Å²) in [5.74, 6) is -2.35. The number of piperidine rings is 1. The Kier molecular flexibility index (Phi) is 12.2. The van der Waals surface area contributed by atoms with Gasteiger partial charge in [-0.15, -0.1) is 6.58 Å². The van der Waals surface area contributed by atoms with Gasteiger partial charge in [-0.25, -0.2) is 13.2 Å². The molecule has 0 spiro atoms. The Morgan fingerprint density at radius 1 is 0.904 bits per heavy atom. The molecule has 5 fully saturated rings. The third-order valence-corrected chi connectivity index (χ3v) is 15.9. The summed E-state index contributed by atoms with van der Waals surface area (Å²) in [6.07, 6.45) is 12.8. The summed E-state index contributed by atoms with van der Waals surface area (Å²) < 4.78 is 25.8. The van der Waals surface area contributed by atoms with Crippen molar-refractivity contribution >= 4 is 39.4 Å². The normalized spacial score (nSPS) is 26.9. The Labute approximate surface area is 310 Å². The molecule has 5 atom stereocenters. The van der Waals surface area contributed by atoms with E-state index >= 15 is 0 Å². The fourth-order valence-electron chi connectivity index (χ4n) is 9.33. The van der Waals surface area contributed by atoms with Gasteiger partial charge in [0.2, 0.25) is 17.6 Å². The highest BCUT2D eigenvalue weighted by Gasteiger charge is 2.70. The average Bonchev–Trinajstić information content (AvgIpc) is 3.37. The second-order valence-corrected chi connectivity index (χ2v) is 20.8. The number of hydrogen-bond acceptors (Lipinski definition) is 7. The standard InChI is InChI=1S/C39H63N5O7S/c1-7-21-40-34(47)32(45)28(22-25-15-14-16-25)41-33(46)31-29-27(38(29,5)6)23-44(31)35(48)30(26-17-10-8-11-18-26)42-36(49)43-39(19-12-9-13-20-39)24-52(50,51)37(2,3)4/h7,25-31H,1,8-24H2,2-6H3,(H,40,47)(H,41,46)(H2,42,43,49)/t27?,28?,29-,30-,31-/m0/s1. The zero-order chi connectivity index (χ0) is 38.1. The second-order valence-electron chi connectivity index (χ2n) is 18.0. The number of fused-ring (bicyclic) bond motifs is 1. The van der Waals surface area contributed by atoms with Gasteiger partial charge in [-0.3, -0.25) is 19.2 Å². The van der Waals surface area contributed by atoms with Gasteiger partial charge < -0.3 is 26.2 Å². The summed E-state index contributed by atoms with van der Waals surface area (Å²) in [6, 6.07) is -3.31. The molecule has 0 aromatic heterocycles. The zero-order valence-corrected chi connectivity index (χ0v) is 32.9. The molecule has 1 heterocycles. The number of carbonyl (C=O) groups excluding carboxylic acids is 5. The SMILES string of the molecule is C=CCNC(=O)C(=O)C(CC1CCC1)NC(=O)[C@@H]1[C@@H]2C(CN1C(=O)[C@@H](NC(=O)NC1(CS(=O)(=O)C(C)(C)C)CCCCC1)C1CCCCC1)C2(C)C. The molecule has 1 saturated heterocycles. The van der Waals surface area contributed by atoms with Crippen molar-refractivity contribution in [2.75, 3.05) is 18.8 Å². The maximum Gasteiger partial charge on any atom is 0.315 e. The molecule has 12 nitrogen and oxygen atoms in total. The summed E-state index contributed by atoms with van der Waals surface area (Å²) in [7, 11) is -3.56. The number of likely N-dealkylation sites (tertiary alicyclic amines) is 1. The number of rotatable bonds is 14. The van der Waals surface area contributed by atoms with E-state index in [1.54, 1.807) is 25.7 Å². The van der Waals surface area contributed by atoms with E-state index in [1.807, 2.05) is 0 Å². The molecule has 52 heavy (non-hydrogen) atoms. The van der Waals surface area contributed by atoms with Gasteiger partial charge in [-0.1, -0.05) is 77.7 Å². The van der Waals surface area contributed by atoms with Crippen LogP contribution in [0.5, 0.6) is 0 Å². The number of ketones is 1. The van der Waals surface area contributed by atoms with Crippen LogP contribution in [0.25, 0.3) is 0 Å². The van der Waals surface area contributed by atoms with Crippen LogP contribution in [0, 0.1) is 29.1 Å². The van der Waals surface area contributed by atoms with Gasteiger partial charge in [0, 0.05) is 13.1 Å². The maximum atomic E-state index is 14.8. The Balaban J connectivity index is 1.37. The lowest BCUT2D eigenvalue weighted by Gasteiger charge is -2.41. The van der Waals surface area contributed by atoms with Crippen LogP contribution in [0.2, 0.25) is 0 Å². The third kappa shape index (κ3) is 8.70. The Hall–Kier alpha value is -2.96. The van der Waals surface area contributed by atoms with Gasteiger partial charge in [-0.05, 0) is 82.0 Å². The molecule has 0 bridgehead atoms. The molecule has 5 aliphatic rings. The molecule has 4 saturated carbocycles. The largest absolute Gasteiger partial charge is 0.346 e. The summed E-state index contributed by atoms with van der Waals surface area (Å²) in [6.45, 7) is 13.3. The molecule has 4 N–H and O–H groups in total. The molecule has 0 aromatic carbocycles. The maximum absolute atomic E-state index is 14.8. The second kappa shape index (κ2) is 15.8. The van der Waals surface area contributed by atoms with Crippen molar-refractivity contribution in [1.29, 1.82) is 0 Å². The highest BCUT2D eigenvalue weighted by Crippen LogP contribution is 2.65. The van der Waals surface area contributed by atoms with Crippen molar-refractivity contribution in [2.24, 2.45) is 29.1 Å². The van der Waals surface area contributed by atoms with Gasteiger partial charge >= 0.3 is 6.03 Å². The van der Waals surface area contributed by atoms with Crippen LogP contribution in [-0.4, -0.2) is 90.1 Å². The Morgan fingerprint density at radius 2 is 1.54 bits per heavy atom. The highest BCUT2D eigenvalue weighted by molar-refractivity contribution is 7.92. The number of sulfone groups is 1. The van der Waals surface area contributed by atoms with E-state index in [0.29, 0.717) is 25.8 Å². The van der Waals surface area contributed by atoms with E-state index in [9.17, 15) is 32.4 Å². The Morgan fingerprint density at radius 3 is 2.12 bits per heavy atom. The lowest BCUT2D eigenvalue weighted by atomic mass is 9.80. The predicted molar refractivity (Wildman–Crippen MR) is 200 cm³/mol. The summed E-state index contributed by atoms with van der Waals surface area (Å²) >= 11 is 0. The minimum Gasteiger partial charge on any atom is -0.346 e. The van der Waals surface area contributed by atoms with Gasteiger partial charge in [0.15, 0.2) is 9.84 Å². The summed E-state index contributed by atoms with van der Waals surface area (Å²) in [5.41, 5.74) is -1.12. The van der Waals surface area contributed by atoms with Crippen LogP contribution < -0.4 is 21.3 Å². The monoisotopic (exact) mass is 745 g/mol. The molecule has 1 aliphatic heterocycles. The first-order valence-electron chi connectivity index (χ1n) is 19.8. The van der Waals surface area contributed by atoms with Crippen molar-refractivity contribution in [3.8, 4) is 0 Å². The molecule has 13 heteroatoms. The first-order chi connectivity index (χ1) is 24.4. The van der Waals surface area contributed by atoms with E-state index in [2.05, 4.69) is 41.7 Å². The average molecular weight is 746 g/mol. The number of nitrogens with zero attached hydrogens (tertiary/aromatic N) is 1. The quantitative estimate of drug-likeness (QED) is 0.153. The van der Waals surface area contributed by atoms with Crippen molar-refractivity contribution in [2.45, 2.75) is 153 Å². The van der Waals surface area contributed by atoms with Crippen LogP contribution in [0.4, 0.5) is 4.79 Å². The topological polar surface area (TPSA) is 171 Å². The van der Waals surface area contributed by atoms with Crippen LogP contribution in [0.15, 0.2) is 12.7 Å². The highest BCUT2D eigenvalue weighted by atomic mass is 32.2. The van der Waals surface area contributed by atoms with Gasteiger partial charge in [0.05, 0.1) is 22.1 Å². The lowest BCUT2D eigenvalue weighted by molar-refractivity contribution is -0.145. The number of Topliss-reactive ketones (excluding diaryl/α,β-unsaturated/α-hetero) is 1.